The molecular weight excluding hydrogens is 308 g/mol. The summed E-state index contributed by atoms with van der Waals surface area (Å²) in [6.45, 7) is 0.406. The van der Waals surface area contributed by atoms with E-state index in [1.54, 1.807) is 38.1 Å². The lowest BCUT2D eigenvalue weighted by Gasteiger charge is -2.14. The Kier molecular flexibility index (Phi) is 6.56. The van der Waals surface area contributed by atoms with Crippen LogP contribution in [0.4, 0.5) is 0 Å². The molecule has 0 spiro atoms. The Labute approximate surface area is 141 Å². The van der Waals surface area contributed by atoms with Gasteiger partial charge in [-0.1, -0.05) is 24.3 Å². The van der Waals surface area contributed by atoms with Crippen LogP contribution in [0.1, 0.15) is 16.7 Å². The molecule has 2 aromatic rings. The SMILES string of the molecule is COCc1c(OC)ccc(O)c1CC=Cc1ccc(SC)cc1. The smallest absolute Gasteiger partial charge is 0.124 e. The van der Waals surface area contributed by atoms with E-state index in [0.717, 1.165) is 22.4 Å². The summed E-state index contributed by atoms with van der Waals surface area (Å²) < 4.78 is 10.6. The van der Waals surface area contributed by atoms with Crippen LogP contribution in [-0.2, 0) is 17.8 Å². The van der Waals surface area contributed by atoms with Crippen LogP contribution < -0.4 is 4.74 Å². The number of methoxy groups -OCH3 is 2. The molecule has 0 amide bonds. The van der Waals surface area contributed by atoms with E-state index in [4.69, 9.17) is 9.47 Å². The van der Waals surface area contributed by atoms with Gasteiger partial charge in [0.2, 0.25) is 0 Å². The zero-order valence-electron chi connectivity index (χ0n) is 13.7. The Balaban J connectivity index is 2.19. The van der Waals surface area contributed by atoms with Gasteiger partial charge < -0.3 is 14.6 Å². The van der Waals surface area contributed by atoms with Gasteiger partial charge in [-0.25, -0.2) is 0 Å². The van der Waals surface area contributed by atoms with Gasteiger partial charge in [0.15, 0.2) is 0 Å². The Morgan fingerprint density at radius 2 is 1.78 bits per heavy atom. The van der Waals surface area contributed by atoms with Crippen molar-refractivity contribution in [2.45, 2.75) is 17.9 Å². The zero-order valence-corrected chi connectivity index (χ0v) is 14.5. The third kappa shape index (κ3) is 4.53. The number of benzene rings is 2. The van der Waals surface area contributed by atoms with E-state index in [1.165, 1.54) is 4.90 Å². The van der Waals surface area contributed by atoms with Gasteiger partial charge in [0.1, 0.15) is 11.5 Å². The minimum Gasteiger partial charge on any atom is -0.508 e. The lowest BCUT2D eigenvalue weighted by Crippen LogP contribution is -2.00. The van der Waals surface area contributed by atoms with Gasteiger partial charge in [-0.3, -0.25) is 0 Å². The molecule has 0 atom stereocenters. The second kappa shape index (κ2) is 8.65. The van der Waals surface area contributed by atoms with E-state index in [9.17, 15) is 5.11 Å². The normalized spacial score (nSPS) is 11.1. The highest BCUT2D eigenvalue weighted by Crippen LogP contribution is 2.31. The van der Waals surface area contributed by atoms with Gasteiger partial charge in [-0.05, 0) is 42.5 Å². The standard InChI is InChI=1S/C19H22O3S/c1-21-13-17-16(18(20)11-12-19(17)22-2)6-4-5-14-7-9-15(23-3)10-8-14/h4-5,7-12,20H,6,13H2,1-3H3. The topological polar surface area (TPSA) is 38.7 Å². The molecule has 0 aromatic heterocycles. The average Bonchev–Trinajstić information content (AvgIpc) is 2.58. The van der Waals surface area contributed by atoms with Crippen molar-refractivity contribution in [3.05, 3.63) is 59.2 Å². The molecule has 0 saturated carbocycles. The molecular formula is C19H22O3S. The molecule has 0 aliphatic rings. The Morgan fingerprint density at radius 1 is 1.04 bits per heavy atom. The second-order valence-electron chi connectivity index (χ2n) is 5.06. The van der Waals surface area contributed by atoms with E-state index in [1.807, 2.05) is 6.08 Å². The number of allylic oxidation sites excluding steroid dienone is 1. The van der Waals surface area contributed by atoms with Crippen molar-refractivity contribution in [1.29, 1.82) is 0 Å². The summed E-state index contributed by atoms with van der Waals surface area (Å²) in [4.78, 5) is 1.25. The number of hydrogen-bond donors (Lipinski definition) is 1. The largest absolute Gasteiger partial charge is 0.508 e. The number of hydrogen-bond acceptors (Lipinski definition) is 4. The van der Waals surface area contributed by atoms with E-state index in [0.29, 0.717) is 13.0 Å². The minimum absolute atomic E-state index is 0.264. The number of ether oxygens (including phenoxy) is 2. The number of phenolic OH excluding ortho intramolecular Hbond substituents is 1. The molecule has 0 heterocycles. The third-order valence-corrected chi connectivity index (χ3v) is 4.36. The van der Waals surface area contributed by atoms with Crippen LogP contribution in [0.5, 0.6) is 11.5 Å². The molecule has 122 valence electrons. The first-order chi connectivity index (χ1) is 11.2. The molecule has 3 nitrogen and oxygen atoms in total. The van der Waals surface area contributed by atoms with Crippen molar-refractivity contribution in [1.82, 2.24) is 0 Å². The van der Waals surface area contributed by atoms with Crippen molar-refractivity contribution >= 4 is 17.8 Å². The minimum atomic E-state index is 0.264. The average molecular weight is 330 g/mol. The fourth-order valence-corrected chi connectivity index (χ4v) is 2.82. The summed E-state index contributed by atoms with van der Waals surface area (Å²) in [6.07, 6.45) is 6.78. The van der Waals surface area contributed by atoms with Gasteiger partial charge in [-0.15, -0.1) is 11.8 Å². The molecule has 1 N–H and O–H groups in total. The first-order valence-corrected chi connectivity index (χ1v) is 8.59. The maximum atomic E-state index is 10.2. The highest BCUT2D eigenvalue weighted by atomic mass is 32.2. The third-order valence-electron chi connectivity index (χ3n) is 3.62. The lowest BCUT2D eigenvalue weighted by molar-refractivity contribution is 0.180. The summed E-state index contributed by atoms with van der Waals surface area (Å²) in [5.41, 5.74) is 2.86. The number of aromatic hydroxyl groups is 1. The molecule has 0 fully saturated rings. The summed E-state index contributed by atoms with van der Waals surface area (Å²) in [7, 11) is 3.26. The van der Waals surface area contributed by atoms with Crippen molar-refractivity contribution < 1.29 is 14.6 Å². The van der Waals surface area contributed by atoms with Crippen LogP contribution >= 0.6 is 11.8 Å². The molecule has 2 aromatic carbocycles. The van der Waals surface area contributed by atoms with Crippen LogP contribution in [0.15, 0.2) is 47.4 Å². The highest BCUT2D eigenvalue weighted by Gasteiger charge is 2.12. The van der Waals surface area contributed by atoms with Crippen LogP contribution in [0.25, 0.3) is 6.08 Å². The quantitative estimate of drug-likeness (QED) is 0.757. The molecule has 0 aliphatic carbocycles. The Morgan fingerprint density at radius 3 is 2.39 bits per heavy atom. The molecule has 4 heteroatoms. The van der Waals surface area contributed by atoms with Crippen molar-refractivity contribution in [2.75, 3.05) is 20.5 Å². The van der Waals surface area contributed by atoms with Crippen molar-refractivity contribution in [2.24, 2.45) is 0 Å². The molecule has 0 radical (unpaired) electrons. The molecule has 0 saturated heterocycles. The number of rotatable bonds is 7. The van der Waals surface area contributed by atoms with Crippen LogP contribution in [0.3, 0.4) is 0 Å². The predicted octanol–water partition coefficient (Wildman–Crippen LogP) is 4.53. The van der Waals surface area contributed by atoms with Gasteiger partial charge in [0, 0.05) is 23.1 Å². The van der Waals surface area contributed by atoms with E-state index in [-0.39, 0.29) is 5.75 Å². The van der Waals surface area contributed by atoms with Gasteiger partial charge in [0.25, 0.3) is 0 Å². The van der Waals surface area contributed by atoms with E-state index in [2.05, 4.69) is 36.6 Å². The van der Waals surface area contributed by atoms with E-state index < -0.39 is 0 Å². The fraction of sp³-hybridized carbons (Fsp3) is 0.263. The van der Waals surface area contributed by atoms with E-state index >= 15 is 0 Å². The molecule has 0 bridgehead atoms. The summed E-state index contributed by atoms with van der Waals surface area (Å²) in [5, 5.41) is 10.2. The maximum Gasteiger partial charge on any atom is 0.124 e. The number of phenols is 1. The Hall–Kier alpha value is -1.91. The molecule has 0 unspecified atom stereocenters. The second-order valence-corrected chi connectivity index (χ2v) is 5.94. The zero-order chi connectivity index (χ0) is 16.7. The van der Waals surface area contributed by atoms with Gasteiger partial charge in [0.05, 0.1) is 13.7 Å². The summed E-state index contributed by atoms with van der Waals surface area (Å²) in [6, 6.07) is 11.8. The lowest BCUT2D eigenvalue weighted by atomic mass is 10.0. The van der Waals surface area contributed by atoms with Gasteiger partial charge in [-0.2, -0.15) is 0 Å². The first-order valence-electron chi connectivity index (χ1n) is 7.36. The summed E-state index contributed by atoms with van der Waals surface area (Å²) in [5.74, 6) is 0.998. The fourth-order valence-electron chi connectivity index (χ4n) is 2.41. The molecule has 2 rings (SSSR count). The monoisotopic (exact) mass is 330 g/mol. The summed E-state index contributed by atoms with van der Waals surface area (Å²) >= 11 is 1.73. The first kappa shape index (κ1) is 17.4. The number of thioether (sulfide) groups is 1. The van der Waals surface area contributed by atoms with Crippen molar-refractivity contribution in [3.63, 3.8) is 0 Å². The van der Waals surface area contributed by atoms with Crippen molar-refractivity contribution in [3.8, 4) is 11.5 Å². The van der Waals surface area contributed by atoms with Gasteiger partial charge >= 0.3 is 0 Å². The van der Waals surface area contributed by atoms with Crippen LogP contribution in [0, 0.1) is 0 Å². The maximum absolute atomic E-state index is 10.2. The predicted molar refractivity (Wildman–Crippen MR) is 96.3 cm³/mol. The van der Waals surface area contributed by atoms with Crippen LogP contribution in [-0.4, -0.2) is 25.6 Å². The highest BCUT2D eigenvalue weighted by molar-refractivity contribution is 7.98. The molecule has 0 aliphatic heterocycles. The van der Waals surface area contributed by atoms with Crippen LogP contribution in [0.2, 0.25) is 0 Å². The molecule has 23 heavy (non-hydrogen) atoms. The Bertz CT molecular complexity index is 663.